The molecule has 0 aliphatic heterocycles. The second-order valence-corrected chi connectivity index (χ2v) is 49.9. The van der Waals surface area contributed by atoms with Crippen LogP contribution in [0.1, 0.15) is 5.56 Å². The molecule has 116 valence electrons. The van der Waals surface area contributed by atoms with Crippen molar-refractivity contribution in [3.05, 3.63) is 29.8 Å². The van der Waals surface area contributed by atoms with Gasteiger partial charge in [-0.2, -0.15) is 5.26 Å². The number of hydrogen-bond acceptors (Lipinski definition) is 1. The topological polar surface area (TPSA) is 23.8 Å². The summed E-state index contributed by atoms with van der Waals surface area (Å²) in [6, 6.07) is 10.8. The summed E-state index contributed by atoms with van der Waals surface area (Å²) in [5.74, 6) is 0. The molecule has 0 N–H and O–H groups in total. The van der Waals surface area contributed by atoms with Gasteiger partial charge in [0.1, 0.15) is 0 Å². The van der Waals surface area contributed by atoms with Crippen LogP contribution in [0.15, 0.2) is 24.3 Å². The first-order chi connectivity index (χ1) is 9.29. The van der Waals surface area contributed by atoms with Gasteiger partial charge in [-0.25, -0.2) is 0 Å². The van der Waals surface area contributed by atoms with Crippen LogP contribution in [0.5, 0.6) is 0 Å². The molecule has 0 unspecified atom stereocenters. The van der Waals surface area contributed by atoms with E-state index in [2.05, 4.69) is 77.1 Å². The van der Waals surface area contributed by atoms with E-state index in [0.717, 1.165) is 5.56 Å². The minimum Gasteiger partial charge on any atom is -0.192 e. The van der Waals surface area contributed by atoms with Crippen LogP contribution in [0.2, 0.25) is 58.9 Å². The smallest absolute Gasteiger partial charge is 0.0991 e. The molecule has 0 aliphatic rings. The van der Waals surface area contributed by atoms with E-state index in [1.807, 2.05) is 12.1 Å². The highest BCUT2D eigenvalue weighted by molar-refractivity contribution is 7.84. The molecular formula is C16H31NSi4. The average Bonchev–Trinajstić information content (AvgIpc) is 2.37. The van der Waals surface area contributed by atoms with Crippen LogP contribution in [-0.2, 0) is 0 Å². The van der Waals surface area contributed by atoms with Crippen molar-refractivity contribution in [2.45, 2.75) is 58.9 Å². The first kappa shape index (κ1) is 18.6. The Morgan fingerprint density at radius 1 is 0.714 bits per heavy atom. The van der Waals surface area contributed by atoms with Gasteiger partial charge in [0, 0.05) is 21.8 Å². The fraction of sp³-hybridized carbons (Fsp3) is 0.562. The molecule has 0 bridgehead atoms. The summed E-state index contributed by atoms with van der Waals surface area (Å²) >= 11 is 0. The zero-order chi connectivity index (χ0) is 16.7. The summed E-state index contributed by atoms with van der Waals surface area (Å²) in [6.45, 7) is 23.6. The van der Waals surface area contributed by atoms with Crippen LogP contribution in [0, 0.1) is 11.3 Å². The molecule has 1 nitrogen and oxygen atoms in total. The zero-order valence-corrected chi connectivity index (χ0v) is 19.3. The summed E-state index contributed by atoms with van der Waals surface area (Å²) < 4.78 is 0. The number of hydrogen-bond donors (Lipinski definition) is 0. The van der Waals surface area contributed by atoms with E-state index in [4.69, 9.17) is 5.26 Å². The minimum absolute atomic E-state index is 0.782. The first-order valence-corrected chi connectivity index (χ1v) is 23.3. The van der Waals surface area contributed by atoms with E-state index in [1.54, 1.807) is 5.19 Å². The van der Waals surface area contributed by atoms with Crippen LogP contribution in [0.4, 0.5) is 0 Å². The normalized spacial score (nSPS) is 13.9. The van der Waals surface area contributed by atoms with Gasteiger partial charge in [-0.1, -0.05) is 76.2 Å². The molecule has 0 saturated carbocycles. The molecule has 0 atom stereocenters. The molecule has 0 radical (unpaired) electrons. The molecule has 0 spiro atoms. The van der Waals surface area contributed by atoms with Crippen molar-refractivity contribution >= 4 is 34.6 Å². The molecule has 1 aromatic rings. The number of rotatable bonds is 4. The van der Waals surface area contributed by atoms with Gasteiger partial charge >= 0.3 is 0 Å². The van der Waals surface area contributed by atoms with E-state index < -0.39 is 29.4 Å². The molecule has 0 amide bonds. The quantitative estimate of drug-likeness (QED) is 0.736. The summed E-state index contributed by atoms with van der Waals surface area (Å²) in [7, 11) is -5.06. The van der Waals surface area contributed by atoms with Crippen LogP contribution in [0.3, 0.4) is 0 Å². The van der Waals surface area contributed by atoms with Gasteiger partial charge in [0.15, 0.2) is 0 Å². The Morgan fingerprint density at radius 3 is 1.48 bits per heavy atom. The second kappa shape index (κ2) is 5.65. The highest BCUT2D eigenvalue weighted by Crippen LogP contribution is 2.34. The molecule has 1 aromatic carbocycles. The predicted molar refractivity (Wildman–Crippen MR) is 107 cm³/mol. The Hall–Kier alpha value is -0.422. The van der Waals surface area contributed by atoms with Gasteiger partial charge in [-0.05, 0) is 12.1 Å². The lowest BCUT2D eigenvalue weighted by Crippen LogP contribution is -2.81. The third-order valence-electron chi connectivity index (χ3n) is 6.74. The maximum absolute atomic E-state index is 9.01. The Labute approximate surface area is 134 Å². The molecule has 5 heteroatoms. The summed E-state index contributed by atoms with van der Waals surface area (Å²) in [4.78, 5) is 0. The molecular weight excluding hydrogens is 319 g/mol. The SMILES string of the molecule is C[Si](C)(C)[Si](C)(C)[Si](C)(C)[Si](C)(C)c1ccc(C#N)cc1. The molecule has 0 fully saturated rings. The van der Waals surface area contributed by atoms with E-state index in [-0.39, 0.29) is 0 Å². The van der Waals surface area contributed by atoms with Gasteiger partial charge in [0.05, 0.1) is 19.2 Å². The molecule has 0 aliphatic carbocycles. The van der Waals surface area contributed by atoms with Gasteiger partial charge in [-0.3, -0.25) is 0 Å². The Balaban J connectivity index is 3.36. The summed E-state index contributed by atoms with van der Waals surface area (Å²) in [5.41, 5.74) is 0.782. The zero-order valence-electron chi connectivity index (χ0n) is 15.3. The van der Waals surface area contributed by atoms with Crippen LogP contribution in [-0.4, -0.2) is 29.4 Å². The van der Waals surface area contributed by atoms with Gasteiger partial charge < -0.3 is 0 Å². The Bertz CT molecular complexity index is 545. The minimum atomic E-state index is -1.46. The van der Waals surface area contributed by atoms with Crippen molar-refractivity contribution in [3.63, 3.8) is 0 Å². The van der Waals surface area contributed by atoms with Crippen molar-refractivity contribution in [1.29, 1.82) is 5.26 Å². The molecule has 21 heavy (non-hydrogen) atoms. The van der Waals surface area contributed by atoms with Crippen molar-refractivity contribution in [3.8, 4) is 6.07 Å². The summed E-state index contributed by atoms with van der Waals surface area (Å²) in [5, 5.41) is 10.6. The van der Waals surface area contributed by atoms with Crippen LogP contribution >= 0.6 is 0 Å². The lowest BCUT2D eigenvalue weighted by atomic mass is 10.2. The predicted octanol–water partition coefficient (Wildman–Crippen LogP) is 4.46. The molecule has 0 heterocycles. The molecule has 1 rings (SSSR count). The summed E-state index contributed by atoms with van der Waals surface area (Å²) in [6.07, 6.45) is 0. The third kappa shape index (κ3) is 3.04. The van der Waals surface area contributed by atoms with Crippen molar-refractivity contribution in [1.82, 2.24) is 0 Å². The fourth-order valence-corrected chi connectivity index (χ4v) is 72.0. The van der Waals surface area contributed by atoms with Gasteiger partial charge in [-0.15, -0.1) is 0 Å². The lowest BCUT2D eigenvalue weighted by Gasteiger charge is -2.54. The molecule has 0 aromatic heterocycles. The lowest BCUT2D eigenvalue weighted by molar-refractivity contribution is 1.49. The van der Waals surface area contributed by atoms with Crippen LogP contribution < -0.4 is 5.19 Å². The second-order valence-electron chi connectivity index (χ2n) is 8.81. The van der Waals surface area contributed by atoms with Crippen molar-refractivity contribution < 1.29 is 0 Å². The largest absolute Gasteiger partial charge is 0.192 e. The van der Waals surface area contributed by atoms with E-state index in [1.165, 1.54) is 0 Å². The van der Waals surface area contributed by atoms with Gasteiger partial charge in [0.2, 0.25) is 0 Å². The van der Waals surface area contributed by atoms with Crippen LogP contribution in [0.25, 0.3) is 0 Å². The monoisotopic (exact) mass is 349 g/mol. The fourth-order valence-electron chi connectivity index (χ4n) is 3.04. The number of nitrogens with zero attached hydrogens (tertiary/aromatic N) is 1. The standard InChI is InChI=1S/C16H31NSi4/c1-18(2,3)20(6,7)21(8,9)19(4,5)16-12-10-15(14-17)11-13-16/h10-13H,1-9H3. The number of benzene rings is 1. The van der Waals surface area contributed by atoms with Gasteiger partial charge in [0.25, 0.3) is 0 Å². The van der Waals surface area contributed by atoms with Crippen molar-refractivity contribution in [2.24, 2.45) is 0 Å². The Kier molecular flexibility index (Phi) is 5.01. The maximum Gasteiger partial charge on any atom is 0.0991 e. The van der Waals surface area contributed by atoms with E-state index in [0.29, 0.717) is 0 Å². The highest BCUT2D eigenvalue weighted by Gasteiger charge is 2.57. The number of nitriles is 1. The first-order valence-electron chi connectivity index (χ1n) is 7.79. The Morgan fingerprint density at radius 2 is 1.14 bits per heavy atom. The highest BCUT2D eigenvalue weighted by atomic mass is 29.8. The van der Waals surface area contributed by atoms with E-state index >= 15 is 0 Å². The third-order valence-corrected chi connectivity index (χ3v) is 75.3. The molecule has 0 saturated heterocycles. The average molecular weight is 350 g/mol. The maximum atomic E-state index is 9.01. The van der Waals surface area contributed by atoms with Crippen molar-refractivity contribution in [2.75, 3.05) is 0 Å². The van der Waals surface area contributed by atoms with E-state index in [9.17, 15) is 0 Å².